The van der Waals surface area contributed by atoms with Gasteiger partial charge >= 0.3 is 11.9 Å². The predicted molar refractivity (Wildman–Crippen MR) is 54.7 cm³/mol. The minimum Gasteiger partial charge on any atom is -0.481 e. The Labute approximate surface area is 90.2 Å². The molecule has 0 fully saturated rings. The summed E-state index contributed by atoms with van der Waals surface area (Å²) in [6.45, 7) is 0. The van der Waals surface area contributed by atoms with Gasteiger partial charge in [-0.1, -0.05) is 18.2 Å². The summed E-state index contributed by atoms with van der Waals surface area (Å²) in [5.41, 5.74) is 0.805. The van der Waals surface area contributed by atoms with Crippen LogP contribution in [0.1, 0.15) is 21.4 Å². The van der Waals surface area contributed by atoms with Gasteiger partial charge in [0, 0.05) is 5.56 Å². The molecule has 1 aromatic rings. The maximum atomic E-state index is 11.3. The molecule has 78 valence electrons. The van der Waals surface area contributed by atoms with Gasteiger partial charge in [-0.25, -0.2) is 4.79 Å². The molecule has 4 nitrogen and oxygen atoms in total. The quantitative estimate of drug-likeness (QED) is 0.791. The van der Waals surface area contributed by atoms with Crippen molar-refractivity contribution < 1.29 is 19.4 Å². The summed E-state index contributed by atoms with van der Waals surface area (Å²) < 4.78 is 5.04. The Morgan fingerprint density at radius 2 is 2.20 bits per heavy atom. The van der Waals surface area contributed by atoms with Crippen LogP contribution in [0.25, 0.3) is 0 Å². The minimum atomic E-state index is -0.916. The summed E-state index contributed by atoms with van der Waals surface area (Å²) in [5.74, 6) is -1.37. The highest BCUT2D eigenvalue weighted by Crippen LogP contribution is 2.38. The third kappa shape index (κ3) is 1.97. The van der Waals surface area contributed by atoms with Crippen molar-refractivity contribution in [2.24, 2.45) is 0 Å². The van der Waals surface area contributed by atoms with Crippen LogP contribution < -0.4 is 0 Å². The van der Waals surface area contributed by atoms with Crippen molar-refractivity contribution in [3.05, 3.63) is 35.4 Å². The lowest BCUT2D eigenvalue weighted by Crippen LogP contribution is -2.02. The van der Waals surface area contributed by atoms with E-state index in [4.69, 9.17) is 9.84 Å². The lowest BCUT2D eigenvalue weighted by Gasteiger charge is -2.07. The van der Waals surface area contributed by atoms with Crippen LogP contribution in [0.5, 0.6) is 0 Å². The molecule has 15 heavy (non-hydrogen) atoms. The van der Waals surface area contributed by atoms with Crippen molar-refractivity contribution in [2.45, 2.75) is 5.44 Å². The molecule has 0 spiro atoms. The Hall–Kier alpha value is -1.49. The summed E-state index contributed by atoms with van der Waals surface area (Å²) >= 11 is 1.10. The Morgan fingerprint density at radius 1 is 1.47 bits per heavy atom. The molecule has 0 saturated carbocycles. The molecule has 0 aliphatic carbocycles. The van der Waals surface area contributed by atoms with Gasteiger partial charge in [0.15, 0.2) is 5.44 Å². The monoisotopic (exact) mass is 224 g/mol. The van der Waals surface area contributed by atoms with Crippen LogP contribution in [-0.2, 0) is 9.53 Å². The number of fused-ring (bicyclic) bond motifs is 1. The molecule has 1 aromatic carbocycles. The van der Waals surface area contributed by atoms with E-state index in [0.717, 1.165) is 17.3 Å². The first kappa shape index (κ1) is 10.0. The number of cyclic esters (lactones) is 1. The number of thioether (sulfide) groups is 1. The number of esters is 1. The summed E-state index contributed by atoms with van der Waals surface area (Å²) in [6.07, 6.45) is 0. The largest absolute Gasteiger partial charge is 0.481 e. The third-order valence-corrected chi connectivity index (χ3v) is 3.07. The zero-order valence-electron chi connectivity index (χ0n) is 7.67. The van der Waals surface area contributed by atoms with Crippen molar-refractivity contribution in [1.82, 2.24) is 0 Å². The van der Waals surface area contributed by atoms with E-state index in [1.54, 1.807) is 24.3 Å². The Balaban J connectivity index is 2.17. The Kier molecular flexibility index (Phi) is 2.64. The molecule has 5 heteroatoms. The standard InChI is InChI=1S/C10H8O4S/c11-8(12)5-15-10-7-4-2-1-3-6(7)9(13)14-10/h1-4,10H,5H2,(H,11,12)/t10-/m0/s1. The number of benzene rings is 1. The van der Waals surface area contributed by atoms with E-state index >= 15 is 0 Å². The second-order valence-electron chi connectivity index (χ2n) is 3.03. The fourth-order valence-electron chi connectivity index (χ4n) is 1.38. The van der Waals surface area contributed by atoms with E-state index in [0.29, 0.717) is 5.56 Å². The summed E-state index contributed by atoms with van der Waals surface area (Å²) in [6, 6.07) is 7.01. The van der Waals surface area contributed by atoms with Crippen LogP contribution in [0.3, 0.4) is 0 Å². The van der Waals surface area contributed by atoms with Crippen LogP contribution in [0.2, 0.25) is 0 Å². The molecule has 0 amide bonds. The minimum absolute atomic E-state index is 0.0771. The Bertz CT molecular complexity index is 416. The first-order valence-electron chi connectivity index (χ1n) is 4.32. The van der Waals surface area contributed by atoms with Crippen molar-refractivity contribution in [3.63, 3.8) is 0 Å². The third-order valence-electron chi connectivity index (χ3n) is 2.01. The van der Waals surface area contributed by atoms with Crippen LogP contribution in [0.15, 0.2) is 24.3 Å². The molecular formula is C10H8O4S. The van der Waals surface area contributed by atoms with Gasteiger partial charge in [-0.3, -0.25) is 4.79 Å². The normalized spacial score (nSPS) is 18.4. The van der Waals surface area contributed by atoms with E-state index in [-0.39, 0.29) is 11.7 Å². The number of carboxylic acids is 1. The summed E-state index contributed by atoms with van der Waals surface area (Å²) in [4.78, 5) is 21.7. The fourth-order valence-corrected chi connectivity index (χ4v) is 2.22. The van der Waals surface area contributed by atoms with E-state index in [2.05, 4.69) is 0 Å². The van der Waals surface area contributed by atoms with Gasteiger partial charge in [0.25, 0.3) is 0 Å². The highest BCUT2D eigenvalue weighted by molar-refractivity contribution is 8.00. The van der Waals surface area contributed by atoms with Gasteiger partial charge in [-0.15, -0.1) is 11.8 Å². The molecule has 1 heterocycles. The van der Waals surface area contributed by atoms with Gasteiger partial charge in [0.05, 0.1) is 11.3 Å². The molecular weight excluding hydrogens is 216 g/mol. The van der Waals surface area contributed by atoms with E-state index in [9.17, 15) is 9.59 Å². The van der Waals surface area contributed by atoms with Crippen LogP contribution >= 0.6 is 11.8 Å². The van der Waals surface area contributed by atoms with Gasteiger partial charge < -0.3 is 9.84 Å². The zero-order valence-corrected chi connectivity index (χ0v) is 8.49. The lowest BCUT2D eigenvalue weighted by atomic mass is 10.1. The molecule has 1 aliphatic rings. The molecule has 0 radical (unpaired) electrons. The number of carbonyl (C=O) groups excluding carboxylic acids is 1. The molecule has 0 saturated heterocycles. The first-order valence-corrected chi connectivity index (χ1v) is 5.36. The number of hydrogen-bond acceptors (Lipinski definition) is 4. The number of carbonyl (C=O) groups is 2. The van der Waals surface area contributed by atoms with Crippen LogP contribution in [-0.4, -0.2) is 22.8 Å². The second-order valence-corrected chi connectivity index (χ2v) is 4.08. The fraction of sp³-hybridized carbons (Fsp3) is 0.200. The van der Waals surface area contributed by atoms with Gasteiger partial charge in [0.1, 0.15) is 0 Å². The average Bonchev–Trinajstić information content (AvgIpc) is 2.54. The molecule has 2 rings (SSSR count). The van der Waals surface area contributed by atoms with Crippen molar-refractivity contribution in [1.29, 1.82) is 0 Å². The highest BCUT2D eigenvalue weighted by atomic mass is 32.2. The second kappa shape index (κ2) is 3.94. The lowest BCUT2D eigenvalue weighted by molar-refractivity contribution is -0.133. The van der Waals surface area contributed by atoms with Crippen molar-refractivity contribution in [3.8, 4) is 0 Å². The van der Waals surface area contributed by atoms with Gasteiger partial charge in [0.2, 0.25) is 0 Å². The number of carboxylic acid groups (broad SMARTS) is 1. The average molecular weight is 224 g/mol. The maximum Gasteiger partial charge on any atom is 0.340 e. The number of aliphatic carboxylic acids is 1. The molecule has 0 unspecified atom stereocenters. The molecule has 1 N–H and O–H groups in total. The number of rotatable bonds is 3. The van der Waals surface area contributed by atoms with Crippen molar-refractivity contribution >= 4 is 23.7 Å². The predicted octanol–water partition coefficient (Wildman–Crippen LogP) is 1.67. The van der Waals surface area contributed by atoms with Crippen LogP contribution in [0.4, 0.5) is 0 Å². The van der Waals surface area contributed by atoms with Crippen LogP contribution in [0, 0.1) is 0 Å². The molecule has 0 bridgehead atoms. The molecule has 0 aromatic heterocycles. The summed E-state index contributed by atoms with van der Waals surface area (Å²) in [7, 11) is 0. The maximum absolute atomic E-state index is 11.3. The topological polar surface area (TPSA) is 63.6 Å². The van der Waals surface area contributed by atoms with E-state index in [1.807, 2.05) is 0 Å². The Morgan fingerprint density at radius 3 is 2.93 bits per heavy atom. The van der Waals surface area contributed by atoms with E-state index < -0.39 is 11.4 Å². The molecule has 1 aliphatic heterocycles. The first-order chi connectivity index (χ1) is 7.18. The SMILES string of the molecule is O=C(O)CS[C@@H]1OC(=O)c2ccccc21. The smallest absolute Gasteiger partial charge is 0.340 e. The zero-order chi connectivity index (χ0) is 10.8. The van der Waals surface area contributed by atoms with Gasteiger partial charge in [-0.05, 0) is 6.07 Å². The number of hydrogen-bond donors (Lipinski definition) is 1. The molecule has 1 atom stereocenters. The summed E-state index contributed by atoms with van der Waals surface area (Å²) in [5, 5.41) is 8.53. The highest BCUT2D eigenvalue weighted by Gasteiger charge is 2.31. The number of ether oxygens (including phenoxy) is 1. The van der Waals surface area contributed by atoms with E-state index in [1.165, 1.54) is 0 Å². The van der Waals surface area contributed by atoms with Crippen molar-refractivity contribution in [2.75, 3.05) is 5.75 Å². The van der Waals surface area contributed by atoms with Gasteiger partial charge in [-0.2, -0.15) is 0 Å².